The quantitative estimate of drug-likeness (QED) is 0.480. The van der Waals surface area contributed by atoms with Crippen molar-refractivity contribution in [3.63, 3.8) is 0 Å². The molecule has 16 heavy (non-hydrogen) atoms. The Bertz CT molecular complexity index is 364. The van der Waals surface area contributed by atoms with Crippen molar-refractivity contribution in [3.8, 4) is 0 Å². The van der Waals surface area contributed by atoms with E-state index in [9.17, 15) is 14.2 Å². The first-order valence-corrected chi connectivity index (χ1v) is 6.06. The van der Waals surface area contributed by atoms with E-state index in [1.54, 1.807) is 0 Å². The van der Waals surface area contributed by atoms with Gasteiger partial charge >= 0.3 is 22.5 Å². The molecule has 3 N–H and O–H groups in total. The van der Waals surface area contributed by atoms with Gasteiger partial charge in [0.05, 0.1) is 6.33 Å². The molecule has 1 aromatic rings. The Morgan fingerprint density at radius 1 is 1.31 bits per heavy atom. The van der Waals surface area contributed by atoms with Crippen LogP contribution in [0.1, 0.15) is 0 Å². The normalized spacial score (nSPS) is 16.7. The van der Waals surface area contributed by atoms with Crippen molar-refractivity contribution < 1.29 is 33.1 Å². The molecular formula is C5H8N2O7P2+2. The monoisotopic (exact) mass is 270 g/mol. The largest absolute Gasteiger partial charge is 0.700 e. The van der Waals surface area contributed by atoms with Crippen molar-refractivity contribution in [2.45, 2.75) is 12.5 Å². The van der Waals surface area contributed by atoms with Gasteiger partial charge in [-0.1, -0.05) is 0 Å². The number of aliphatic hydroxyl groups is 1. The summed E-state index contributed by atoms with van der Waals surface area (Å²) < 4.78 is 30.3. The van der Waals surface area contributed by atoms with Gasteiger partial charge in [0.2, 0.25) is 0 Å². The highest BCUT2D eigenvalue weighted by molar-refractivity contribution is 7.33. The summed E-state index contributed by atoms with van der Waals surface area (Å²) >= 11 is 0. The zero-order valence-electron chi connectivity index (χ0n) is 7.70. The molecule has 0 amide bonds. The predicted octanol–water partition coefficient (Wildman–Crippen LogP) is -0.138. The number of aromatic nitrogens is 2. The van der Waals surface area contributed by atoms with Crippen LogP contribution in [0.25, 0.3) is 0 Å². The number of imidazole rings is 1. The summed E-state index contributed by atoms with van der Waals surface area (Å²) in [4.78, 5) is 20.6. The minimum absolute atomic E-state index is 0.490. The van der Waals surface area contributed by atoms with E-state index in [4.69, 9.17) is 9.79 Å². The summed E-state index contributed by atoms with van der Waals surface area (Å²) in [6, 6.07) is 0. The third-order valence-electron chi connectivity index (χ3n) is 1.38. The van der Waals surface area contributed by atoms with E-state index < -0.39 is 29.0 Å². The van der Waals surface area contributed by atoms with E-state index in [0.29, 0.717) is 0 Å². The highest BCUT2D eigenvalue weighted by atomic mass is 31.1. The van der Waals surface area contributed by atoms with Gasteiger partial charge < -0.3 is 9.67 Å². The predicted molar refractivity (Wildman–Crippen MR) is 49.0 cm³/mol. The van der Waals surface area contributed by atoms with Gasteiger partial charge in [0.15, 0.2) is 0 Å². The van der Waals surface area contributed by atoms with Crippen LogP contribution >= 0.6 is 16.5 Å². The van der Waals surface area contributed by atoms with Crippen molar-refractivity contribution in [1.29, 1.82) is 0 Å². The zero-order valence-corrected chi connectivity index (χ0v) is 9.49. The molecule has 1 aromatic heterocycles. The molecule has 0 fully saturated rings. The summed E-state index contributed by atoms with van der Waals surface area (Å²) in [6.45, 7) is -0.490. The van der Waals surface area contributed by atoms with Crippen LogP contribution in [0.5, 0.6) is 0 Å². The van der Waals surface area contributed by atoms with Gasteiger partial charge in [-0.15, -0.1) is 9.79 Å². The molecule has 11 heteroatoms. The second-order valence-corrected chi connectivity index (χ2v) is 3.92. The highest BCUT2D eigenvalue weighted by Gasteiger charge is 2.48. The van der Waals surface area contributed by atoms with Gasteiger partial charge in [0, 0.05) is 21.5 Å². The molecule has 0 bridgehead atoms. The van der Waals surface area contributed by atoms with Crippen molar-refractivity contribution in [2.75, 3.05) is 0 Å². The first-order valence-electron chi connectivity index (χ1n) is 3.80. The third kappa shape index (κ3) is 4.38. The fourth-order valence-electron chi connectivity index (χ4n) is 0.929. The molecule has 1 rings (SSSR count). The van der Waals surface area contributed by atoms with E-state index in [0.717, 1.165) is 0 Å². The van der Waals surface area contributed by atoms with Gasteiger partial charge in [-0.25, -0.2) is 4.98 Å². The maximum Gasteiger partial charge on any atom is 0.700 e. The van der Waals surface area contributed by atoms with Gasteiger partial charge in [0.25, 0.3) is 0 Å². The Balaban J connectivity index is 2.77. The van der Waals surface area contributed by atoms with Crippen LogP contribution in [-0.2, 0) is 24.7 Å². The molecule has 2 unspecified atom stereocenters. The molecule has 0 aromatic carbocycles. The summed E-state index contributed by atoms with van der Waals surface area (Å²) in [6.07, 6.45) is 4.03. The summed E-state index contributed by atoms with van der Waals surface area (Å²) in [5, 5.41) is 9.54. The fourth-order valence-corrected chi connectivity index (χ4v) is 1.67. The lowest BCUT2D eigenvalue weighted by atomic mass is 10.5. The average molecular weight is 270 g/mol. The van der Waals surface area contributed by atoms with Crippen LogP contribution in [0.3, 0.4) is 0 Å². The first-order chi connectivity index (χ1) is 7.41. The van der Waals surface area contributed by atoms with E-state index in [1.165, 1.54) is 23.3 Å². The van der Waals surface area contributed by atoms with E-state index in [1.807, 2.05) is 0 Å². The molecule has 0 saturated carbocycles. The van der Waals surface area contributed by atoms with Gasteiger partial charge in [-0.05, 0) is 9.05 Å². The molecule has 0 aliphatic carbocycles. The van der Waals surface area contributed by atoms with E-state index >= 15 is 0 Å². The van der Waals surface area contributed by atoms with Crippen LogP contribution in [0.2, 0.25) is 0 Å². The lowest BCUT2D eigenvalue weighted by Gasteiger charge is -2.13. The molecule has 88 valence electrons. The third-order valence-corrected chi connectivity index (χ3v) is 2.27. The van der Waals surface area contributed by atoms with E-state index in [2.05, 4.69) is 14.0 Å². The molecule has 1 heterocycles. The minimum atomic E-state index is -3.20. The standard InChI is InChI=1S/C5H6N2O7P2/c8-5(13-15(9)10,14-16(11)12)3-7-2-1-6-4-7/h1-2,4,8H,3H2/p+2. The lowest BCUT2D eigenvalue weighted by Crippen LogP contribution is -2.36. The van der Waals surface area contributed by atoms with Crippen molar-refractivity contribution in [1.82, 2.24) is 9.55 Å². The summed E-state index contributed by atoms with van der Waals surface area (Å²) in [5.41, 5.74) is 0. The van der Waals surface area contributed by atoms with Crippen LogP contribution in [0.15, 0.2) is 18.7 Å². The smallest absolute Gasteiger partial charge is 0.336 e. The van der Waals surface area contributed by atoms with Crippen LogP contribution in [0.4, 0.5) is 0 Å². The minimum Gasteiger partial charge on any atom is -0.336 e. The van der Waals surface area contributed by atoms with Crippen LogP contribution in [-0.4, -0.2) is 30.4 Å². The molecule has 0 saturated heterocycles. The van der Waals surface area contributed by atoms with Crippen LogP contribution in [0, 0.1) is 0 Å². The van der Waals surface area contributed by atoms with Gasteiger partial charge in [0.1, 0.15) is 6.54 Å². The maximum atomic E-state index is 10.4. The molecule has 0 aliphatic rings. The molecule has 0 spiro atoms. The first kappa shape index (κ1) is 13.3. The number of hydrogen-bond donors (Lipinski definition) is 3. The Morgan fingerprint density at radius 3 is 2.25 bits per heavy atom. The second-order valence-electron chi connectivity index (χ2n) is 2.61. The summed E-state index contributed by atoms with van der Waals surface area (Å²) in [5.74, 6) is -2.68. The molecular weight excluding hydrogens is 262 g/mol. The second kappa shape index (κ2) is 5.51. The maximum absolute atomic E-state index is 10.4. The molecule has 9 nitrogen and oxygen atoms in total. The van der Waals surface area contributed by atoms with Crippen molar-refractivity contribution in [3.05, 3.63) is 18.7 Å². The van der Waals surface area contributed by atoms with E-state index in [-0.39, 0.29) is 0 Å². The SMILES string of the molecule is O=[P+](O)OC(O)(Cn1ccnc1)O[P+](=O)O. The topological polar surface area (TPSA) is 131 Å². The van der Waals surface area contributed by atoms with Gasteiger partial charge in [-0.3, -0.25) is 0 Å². The van der Waals surface area contributed by atoms with Crippen LogP contribution < -0.4 is 0 Å². The Kier molecular flexibility index (Phi) is 4.57. The van der Waals surface area contributed by atoms with Crippen molar-refractivity contribution >= 4 is 16.5 Å². The number of hydrogen-bond acceptors (Lipinski definition) is 6. The lowest BCUT2D eigenvalue weighted by molar-refractivity contribution is -0.281. The summed E-state index contributed by atoms with van der Waals surface area (Å²) in [7, 11) is -6.40. The Labute approximate surface area is 91.2 Å². The highest BCUT2D eigenvalue weighted by Crippen LogP contribution is 2.33. The molecule has 0 radical (unpaired) electrons. The molecule has 0 aliphatic heterocycles. The van der Waals surface area contributed by atoms with Gasteiger partial charge in [-0.2, -0.15) is 0 Å². The fraction of sp³-hybridized carbons (Fsp3) is 0.400. The zero-order chi connectivity index (χ0) is 12.2. The Hall–Kier alpha value is -0.790. The number of rotatable bonds is 6. The average Bonchev–Trinajstić information content (AvgIpc) is 2.51. The molecule has 2 atom stereocenters. The Morgan fingerprint density at radius 2 is 1.88 bits per heavy atom. The van der Waals surface area contributed by atoms with Crippen molar-refractivity contribution in [2.24, 2.45) is 0 Å². The number of nitrogens with zero attached hydrogens (tertiary/aromatic N) is 2.